The second kappa shape index (κ2) is 6.93. The molecule has 2 aliphatic rings. The topological polar surface area (TPSA) is 79.9 Å². The second-order valence-electron chi connectivity index (χ2n) is 6.30. The Hall–Kier alpha value is -2.89. The van der Waals surface area contributed by atoms with Crippen LogP contribution in [0.2, 0.25) is 0 Å². The molecule has 25 heavy (non-hydrogen) atoms. The van der Waals surface area contributed by atoms with Gasteiger partial charge in [0.2, 0.25) is 6.41 Å². The molecule has 0 aliphatic heterocycles. The van der Waals surface area contributed by atoms with Gasteiger partial charge in [-0.25, -0.2) is 4.98 Å². The summed E-state index contributed by atoms with van der Waals surface area (Å²) in [6, 6.07) is 11.5. The number of amides is 1. The normalized spacial score (nSPS) is 15.2. The van der Waals surface area contributed by atoms with E-state index < -0.39 is 0 Å². The van der Waals surface area contributed by atoms with E-state index in [0.717, 1.165) is 35.2 Å². The predicted molar refractivity (Wildman–Crippen MR) is 96.5 cm³/mol. The van der Waals surface area contributed by atoms with Crippen molar-refractivity contribution in [1.82, 2.24) is 15.2 Å². The Morgan fingerprint density at radius 3 is 2.64 bits per heavy atom. The van der Waals surface area contributed by atoms with Crippen molar-refractivity contribution in [2.24, 2.45) is 0 Å². The summed E-state index contributed by atoms with van der Waals surface area (Å²) in [7, 11) is 0. The quantitative estimate of drug-likeness (QED) is 0.692. The molecule has 128 valence electrons. The fourth-order valence-corrected chi connectivity index (χ4v) is 2.39. The van der Waals surface area contributed by atoms with Gasteiger partial charge in [-0.15, -0.1) is 0 Å². The molecule has 6 nitrogen and oxygen atoms in total. The van der Waals surface area contributed by atoms with Crippen LogP contribution < -0.4 is 10.1 Å². The van der Waals surface area contributed by atoms with Crippen LogP contribution >= 0.6 is 0 Å². The number of hydrogen-bond acceptors (Lipinski definition) is 4. The molecule has 1 aromatic carbocycles. The summed E-state index contributed by atoms with van der Waals surface area (Å²) in [5, 5.41) is 10.7. The molecule has 2 aliphatic carbocycles. The standard InChI is InChI=1S/C16H14N4O2.C3H6/c21-9-17-14-8-7-12-15(19-20-16(12)18-14)11-3-1-2-4-13(11)22-10-5-6-10;1-2-3-1/h1-4,7-10H,5-6H2,(H2,17,18,19,20,21);1-3H2. The molecule has 0 atom stereocenters. The van der Waals surface area contributed by atoms with Crippen LogP contribution in [0.25, 0.3) is 22.3 Å². The summed E-state index contributed by atoms with van der Waals surface area (Å²) in [5.41, 5.74) is 2.40. The van der Waals surface area contributed by atoms with Gasteiger partial charge >= 0.3 is 0 Å². The summed E-state index contributed by atoms with van der Waals surface area (Å²) < 4.78 is 5.96. The van der Waals surface area contributed by atoms with E-state index in [1.54, 1.807) is 6.07 Å². The van der Waals surface area contributed by atoms with Crippen LogP contribution in [-0.4, -0.2) is 27.7 Å². The van der Waals surface area contributed by atoms with Crippen LogP contribution in [0, 0.1) is 0 Å². The van der Waals surface area contributed by atoms with Crippen LogP contribution in [0.4, 0.5) is 5.82 Å². The molecular formula is C19H20N4O2. The summed E-state index contributed by atoms with van der Waals surface area (Å²) in [5.74, 6) is 1.33. The first-order valence-electron chi connectivity index (χ1n) is 8.66. The van der Waals surface area contributed by atoms with Crippen molar-refractivity contribution in [2.45, 2.75) is 38.2 Å². The van der Waals surface area contributed by atoms with Crippen LogP contribution in [0.3, 0.4) is 0 Å². The molecule has 0 radical (unpaired) electrons. The number of ether oxygens (including phenoxy) is 1. The van der Waals surface area contributed by atoms with Crippen molar-refractivity contribution in [3.63, 3.8) is 0 Å². The van der Waals surface area contributed by atoms with E-state index in [0.29, 0.717) is 24.0 Å². The second-order valence-corrected chi connectivity index (χ2v) is 6.30. The van der Waals surface area contributed by atoms with Gasteiger partial charge in [0.15, 0.2) is 5.65 Å². The molecule has 3 aromatic rings. The fraction of sp³-hybridized carbons (Fsp3) is 0.316. The van der Waals surface area contributed by atoms with Crippen molar-refractivity contribution in [3.05, 3.63) is 36.4 Å². The van der Waals surface area contributed by atoms with E-state index in [9.17, 15) is 4.79 Å². The third-order valence-electron chi connectivity index (χ3n) is 3.95. The number of hydrogen-bond donors (Lipinski definition) is 2. The van der Waals surface area contributed by atoms with Crippen LogP contribution in [0.5, 0.6) is 5.75 Å². The van der Waals surface area contributed by atoms with Gasteiger partial charge in [-0.05, 0) is 37.1 Å². The highest BCUT2D eigenvalue weighted by Crippen LogP contribution is 2.36. The lowest BCUT2D eigenvalue weighted by atomic mass is 10.1. The number of aromatic nitrogens is 3. The molecule has 0 bridgehead atoms. The Labute approximate surface area is 145 Å². The zero-order valence-corrected chi connectivity index (χ0v) is 13.9. The molecule has 0 unspecified atom stereocenters. The molecular weight excluding hydrogens is 316 g/mol. The van der Waals surface area contributed by atoms with Crippen LogP contribution in [0.1, 0.15) is 32.1 Å². The number of benzene rings is 1. The highest BCUT2D eigenvalue weighted by atomic mass is 16.5. The summed E-state index contributed by atoms with van der Waals surface area (Å²) in [4.78, 5) is 14.8. The fourth-order valence-electron chi connectivity index (χ4n) is 2.39. The van der Waals surface area contributed by atoms with Crippen LogP contribution in [-0.2, 0) is 4.79 Å². The van der Waals surface area contributed by atoms with Gasteiger partial charge < -0.3 is 10.1 Å². The number of rotatable bonds is 5. The highest BCUT2D eigenvalue weighted by molar-refractivity contribution is 5.93. The number of nitrogens with zero attached hydrogens (tertiary/aromatic N) is 2. The van der Waals surface area contributed by atoms with Gasteiger partial charge in [0, 0.05) is 10.9 Å². The average Bonchev–Trinajstić information content (AvgIpc) is 3.54. The zero-order valence-electron chi connectivity index (χ0n) is 13.9. The molecule has 2 heterocycles. The van der Waals surface area contributed by atoms with Crippen molar-refractivity contribution < 1.29 is 9.53 Å². The summed E-state index contributed by atoms with van der Waals surface area (Å²) >= 11 is 0. The minimum Gasteiger partial charge on any atom is -0.490 e. The molecule has 2 fully saturated rings. The van der Waals surface area contributed by atoms with E-state index in [-0.39, 0.29) is 0 Å². The maximum absolute atomic E-state index is 10.5. The van der Waals surface area contributed by atoms with Gasteiger partial charge in [-0.2, -0.15) is 5.10 Å². The third kappa shape index (κ3) is 3.79. The smallest absolute Gasteiger partial charge is 0.212 e. The Bertz CT molecular complexity index is 881. The number of nitrogens with one attached hydrogen (secondary N) is 2. The van der Waals surface area contributed by atoms with Crippen molar-refractivity contribution in [1.29, 1.82) is 0 Å². The maximum atomic E-state index is 10.5. The van der Waals surface area contributed by atoms with Crippen molar-refractivity contribution >= 4 is 23.3 Å². The van der Waals surface area contributed by atoms with Gasteiger partial charge in [0.1, 0.15) is 11.6 Å². The summed E-state index contributed by atoms with van der Waals surface area (Å²) in [6.07, 6.45) is 7.65. The van der Waals surface area contributed by atoms with Gasteiger partial charge in [-0.3, -0.25) is 9.89 Å². The Morgan fingerprint density at radius 1 is 1.12 bits per heavy atom. The minimum absolute atomic E-state index is 0.330. The number of para-hydroxylation sites is 1. The molecule has 2 N–H and O–H groups in total. The first-order valence-corrected chi connectivity index (χ1v) is 8.66. The molecule has 1 amide bonds. The number of fused-ring (bicyclic) bond motifs is 1. The monoisotopic (exact) mass is 336 g/mol. The lowest BCUT2D eigenvalue weighted by Gasteiger charge is -2.09. The predicted octanol–water partition coefficient (Wildman–Crippen LogP) is 3.90. The zero-order chi connectivity index (χ0) is 17.1. The van der Waals surface area contributed by atoms with Gasteiger partial charge in [0.05, 0.1) is 11.8 Å². The first kappa shape index (κ1) is 15.6. The molecule has 2 saturated carbocycles. The van der Waals surface area contributed by atoms with Gasteiger partial charge in [-0.1, -0.05) is 31.4 Å². The lowest BCUT2D eigenvalue weighted by Crippen LogP contribution is -1.98. The molecule has 5 rings (SSSR count). The maximum Gasteiger partial charge on any atom is 0.212 e. The number of carbonyl (C=O) groups excluding carboxylic acids is 1. The Balaban J connectivity index is 0.000000474. The molecule has 2 aromatic heterocycles. The van der Waals surface area contributed by atoms with E-state index in [1.165, 1.54) is 19.3 Å². The van der Waals surface area contributed by atoms with E-state index in [1.807, 2.05) is 30.3 Å². The third-order valence-corrected chi connectivity index (χ3v) is 3.95. The number of aromatic amines is 1. The van der Waals surface area contributed by atoms with Crippen LogP contribution in [0.15, 0.2) is 36.4 Å². The largest absolute Gasteiger partial charge is 0.490 e. The Morgan fingerprint density at radius 2 is 1.92 bits per heavy atom. The van der Waals surface area contributed by atoms with Crippen molar-refractivity contribution in [2.75, 3.05) is 5.32 Å². The summed E-state index contributed by atoms with van der Waals surface area (Å²) in [6.45, 7) is 0. The average molecular weight is 336 g/mol. The molecule has 6 heteroatoms. The van der Waals surface area contributed by atoms with E-state index in [4.69, 9.17) is 4.74 Å². The number of H-pyrrole nitrogens is 1. The SMILES string of the molecule is C1CC1.O=CNc1ccc2c(-c3ccccc3OC3CC3)[nH]nc2n1. The molecule has 0 spiro atoms. The number of anilines is 1. The van der Waals surface area contributed by atoms with E-state index in [2.05, 4.69) is 20.5 Å². The number of carbonyl (C=O) groups is 1. The minimum atomic E-state index is 0.330. The van der Waals surface area contributed by atoms with E-state index >= 15 is 0 Å². The lowest BCUT2D eigenvalue weighted by molar-refractivity contribution is -0.105. The van der Waals surface area contributed by atoms with Gasteiger partial charge in [0.25, 0.3) is 0 Å². The first-order chi connectivity index (χ1) is 12.3. The Kier molecular flexibility index (Phi) is 4.33. The molecule has 0 saturated heterocycles. The highest BCUT2D eigenvalue weighted by Gasteiger charge is 2.25. The number of pyridine rings is 1. The van der Waals surface area contributed by atoms with Crippen molar-refractivity contribution in [3.8, 4) is 17.0 Å².